The Labute approximate surface area is 90.4 Å². The second kappa shape index (κ2) is 3.82. The molecule has 0 aromatic heterocycles. The molecule has 2 N–H and O–H groups in total. The van der Waals surface area contributed by atoms with Crippen molar-refractivity contribution in [1.29, 1.82) is 0 Å². The molecule has 3 nitrogen and oxygen atoms in total. The van der Waals surface area contributed by atoms with Crippen LogP contribution in [-0.4, -0.2) is 15.5 Å². The number of hydrogen-bond acceptors (Lipinski definition) is 3. The predicted octanol–water partition coefficient (Wildman–Crippen LogP) is 3.32. The molecular formula is C11H8O3S. The van der Waals surface area contributed by atoms with E-state index in [1.807, 2.05) is 12.1 Å². The highest BCUT2D eigenvalue weighted by molar-refractivity contribution is 8.13. The smallest absolute Gasteiger partial charge is 0.369 e. The third kappa shape index (κ3) is 1.89. The number of carboxylic acid groups (broad SMARTS) is 1. The number of phenols is 1. The molecule has 0 fully saturated rings. The molecule has 0 spiro atoms. The number of carbonyl (C=O) groups is 1. The van der Waals surface area contributed by atoms with Crippen LogP contribution in [0.5, 0.6) is 5.75 Å². The van der Waals surface area contributed by atoms with Crippen molar-refractivity contribution in [3.63, 3.8) is 0 Å². The Morgan fingerprint density at radius 3 is 2.60 bits per heavy atom. The molecule has 76 valence electrons. The maximum atomic E-state index is 10.5. The molecule has 2 aromatic rings. The SMILES string of the molecule is O=C(O)Sc1ccc2ccccc2c1O. The fraction of sp³-hybridized carbons (Fsp3) is 0. The van der Waals surface area contributed by atoms with Gasteiger partial charge in [-0.2, -0.15) is 0 Å². The number of phenolic OH excluding ortho intramolecular Hbond substituents is 1. The molecule has 0 aliphatic carbocycles. The quantitative estimate of drug-likeness (QED) is 0.724. The van der Waals surface area contributed by atoms with Crippen LogP contribution in [0.4, 0.5) is 4.79 Å². The van der Waals surface area contributed by atoms with Crippen LogP contribution in [0, 0.1) is 0 Å². The lowest BCUT2D eigenvalue weighted by molar-refractivity contribution is 0.222. The van der Waals surface area contributed by atoms with Gasteiger partial charge in [-0.1, -0.05) is 30.3 Å². The highest BCUT2D eigenvalue weighted by Crippen LogP contribution is 2.35. The van der Waals surface area contributed by atoms with Crippen LogP contribution in [0.3, 0.4) is 0 Å². The van der Waals surface area contributed by atoms with Gasteiger partial charge in [0.2, 0.25) is 0 Å². The van der Waals surface area contributed by atoms with Crippen LogP contribution >= 0.6 is 11.8 Å². The minimum Gasteiger partial charge on any atom is -0.506 e. The first-order valence-electron chi connectivity index (χ1n) is 4.30. The summed E-state index contributed by atoms with van der Waals surface area (Å²) >= 11 is 0.607. The molecule has 15 heavy (non-hydrogen) atoms. The maximum absolute atomic E-state index is 10.5. The summed E-state index contributed by atoms with van der Waals surface area (Å²) in [5.41, 5.74) is 0. The second-order valence-corrected chi connectivity index (χ2v) is 3.99. The zero-order valence-corrected chi connectivity index (χ0v) is 8.49. The lowest BCUT2D eigenvalue weighted by Crippen LogP contribution is -1.84. The first kappa shape index (κ1) is 9.86. The number of aromatic hydroxyl groups is 1. The number of benzene rings is 2. The molecule has 0 bridgehead atoms. The first-order valence-corrected chi connectivity index (χ1v) is 5.11. The number of thioether (sulfide) groups is 1. The summed E-state index contributed by atoms with van der Waals surface area (Å²) in [7, 11) is 0. The van der Waals surface area contributed by atoms with E-state index >= 15 is 0 Å². The molecule has 0 saturated heterocycles. The van der Waals surface area contributed by atoms with Crippen molar-refractivity contribution >= 4 is 27.8 Å². The molecule has 0 aliphatic heterocycles. The predicted molar refractivity (Wildman–Crippen MR) is 59.5 cm³/mol. The van der Waals surface area contributed by atoms with Gasteiger partial charge in [-0.25, -0.2) is 4.79 Å². The molecule has 0 atom stereocenters. The van der Waals surface area contributed by atoms with E-state index in [1.165, 1.54) is 0 Å². The van der Waals surface area contributed by atoms with E-state index < -0.39 is 5.30 Å². The van der Waals surface area contributed by atoms with E-state index in [4.69, 9.17) is 5.11 Å². The fourth-order valence-corrected chi connectivity index (χ4v) is 1.94. The molecule has 0 aliphatic rings. The van der Waals surface area contributed by atoms with Crippen molar-refractivity contribution in [3.8, 4) is 5.75 Å². The van der Waals surface area contributed by atoms with E-state index in [0.717, 1.165) is 5.39 Å². The lowest BCUT2D eigenvalue weighted by Gasteiger charge is -2.04. The topological polar surface area (TPSA) is 57.5 Å². The Morgan fingerprint density at radius 1 is 1.13 bits per heavy atom. The van der Waals surface area contributed by atoms with Crippen molar-refractivity contribution in [3.05, 3.63) is 36.4 Å². The largest absolute Gasteiger partial charge is 0.506 e. The number of fused-ring (bicyclic) bond motifs is 1. The van der Waals surface area contributed by atoms with Gasteiger partial charge in [-0.15, -0.1) is 0 Å². The molecule has 0 unspecified atom stereocenters. The van der Waals surface area contributed by atoms with Crippen molar-refractivity contribution in [2.75, 3.05) is 0 Å². The summed E-state index contributed by atoms with van der Waals surface area (Å²) in [4.78, 5) is 10.9. The van der Waals surface area contributed by atoms with E-state index in [-0.39, 0.29) is 5.75 Å². The second-order valence-electron chi connectivity index (χ2n) is 3.00. The molecular weight excluding hydrogens is 212 g/mol. The van der Waals surface area contributed by atoms with Crippen molar-refractivity contribution in [1.82, 2.24) is 0 Å². The monoisotopic (exact) mass is 220 g/mol. The normalized spacial score (nSPS) is 10.4. The molecule has 4 heteroatoms. The van der Waals surface area contributed by atoms with Crippen LogP contribution in [0.1, 0.15) is 0 Å². The summed E-state index contributed by atoms with van der Waals surface area (Å²) in [6.45, 7) is 0. The molecule has 2 aromatic carbocycles. The van der Waals surface area contributed by atoms with Gasteiger partial charge < -0.3 is 10.2 Å². The Balaban J connectivity index is 2.59. The molecule has 0 heterocycles. The van der Waals surface area contributed by atoms with Gasteiger partial charge in [0.15, 0.2) is 0 Å². The van der Waals surface area contributed by atoms with Crippen LogP contribution < -0.4 is 0 Å². The van der Waals surface area contributed by atoms with Crippen molar-refractivity contribution in [2.45, 2.75) is 4.90 Å². The van der Waals surface area contributed by atoms with Crippen molar-refractivity contribution in [2.24, 2.45) is 0 Å². The van der Waals surface area contributed by atoms with E-state index in [2.05, 4.69) is 0 Å². The van der Waals surface area contributed by atoms with Crippen LogP contribution in [0.15, 0.2) is 41.3 Å². The Bertz CT molecular complexity index is 522. The van der Waals surface area contributed by atoms with Gasteiger partial charge in [-0.3, -0.25) is 0 Å². The lowest BCUT2D eigenvalue weighted by atomic mass is 10.1. The molecule has 2 rings (SSSR count). The zero-order valence-electron chi connectivity index (χ0n) is 7.68. The Hall–Kier alpha value is -1.68. The van der Waals surface area contributed by atoms with Gasteiger partial charge in [0.1, 0.15) is 5.75 Å². The van der Waals surface area contributed by atoms with E-state index in [9.17, 15) is 9.90 Å². The van der Waals surface area contributed by atoms with Gasteiger partial charge in [-0.05, 0) is 23.2 Å². The summed E-state index contributed by atoms with van der Waals surface area (Å²) in [6, 6.07) is 10.7. The molecule has 0 radical (unpaired) electrons. The maximum Gasteiger partial charge on any atom is 0.369 e. The Morgan fingerprint density at radius 2 is 1.87 bits per heavy atom. The summed E-state index contributed by atoms with van der Waals surface area (Å²) < 4.78 is 0. The van der Waals surface area contributed by atoms with Gasteiger partial charge in [0.05, 0.1) is 4.90 Å². The van der Waals surface area contributed by atoms with Crippen LogP contribution in [0.2, 0.25) is 0 Å². The molecule has 0 amide bonds. The number of hydrogen-bond donors (Lipinski definition) is 2. The van der Waals surface area contributed by atoms with E-state index in [0.29, 0.717) is 22.0 Å². The summed E-state index contributed by atoms with van der Waals surface area (Å²) in [5, 5.41) is 19.0. The third-order valence-corrected chi connectivity index (χ3v) is 2.78. The standard InChI is InChI=1S/C11H8O3S/c12-10-8-4-2-1-3-7(8)5-6-9(10)15-11(13)14/h1-6,12H,(H,13,14). The van der Waals surface area contributed by atoms with Gasteiger partial charge in [0.25, 0.3) is 0 Å². The van der Waals surface area contributed by atoms with E-state index in [1.54, 1.807) is 24.3 Å². The highest BCUT2D eigenvalue weighted by Gasteiger charge is 2.09. The van der Waals surface area contributed by atoms with Crippen LogP contribution in [-0.2, 0) is 0 Å². The number of rotatable bonds is 1. The van der Waals surface area contributed by atoms with Gasteiger partial charge in [0, 0.05) is 5.39 Å². The molecule has 0 saturated carbocycles. The average molecular weight is 220 g/mol. The average Bonchev–Trinajstić information content (AvgIpc) is 2.22. The minimum atomic E-state index is -1.03. The van der Waals surface area contributed by atoms with Crippen molar-refractivity contribution < 1.29 is 15.0 Å². The fourth-order valence-electron chi connectivity index (χ4n) is 1.41. The zero-order chi connectivity index (χ0) is 10.8. The highest BCUT2D eigenvalue weighted by atomic mass is 32.2. The minimum absolute atomic E-state index is 0.0282. The summed E-state index contributed by atoms with van der Waals surface area (Å²) in [6.07, 6.45) is 0. The Kier molecular flexibility index (Phi) is 2.51. The first-order chi connectivity index (χ1) is 7.18. The van der Waals surface area contributed by atoms with Gasteiger partial charge >= 0.3 is 5.30 Å². The van der Waals surface area contributed by atoms with Crippen LogP contribution in [0.25, 0.3) is 10.8 Å². The third-order valence-electron chi connectivity index (χ3n) is 2.06. The summed E-state index contributed by atoms with van der Waals surface area (Å²) in [5.74, 6) is 0.0282.